The normalized spacial score (nSPS) is 11.3. The Morgan fingerprint density at radius 1 is 1.05 bits per heavy atom. The van der Waals surface area contributed by atoms with Crippen LogP contribution < -0.4 is 15.6 Å². The molecule has 2 aromatic carbocycles. The first kappa shape index (κ1) is 13.4. The zero-order valence-corrected chi connectivity index (χ0v) is 11.1. The van der Waals surface area contributed by atoms with Crippen molar-refractivity contribution in [3.63, 3.8) is 0 Å². The Labute approximate surface area is 111 Å². The van der Waals surface area contributed by atoms with Crippen LogP contribution in [0.25, 0.3) is 0 Å². The van der Waals surface area contributed by atoms with E-state index < -0.39 is 10.0 Å². The van der Waals surface area contributed by atoms with Crippen molar-refractivity contribution < 1.29 is 13.2 Å². The van der Waals surface area contributed by atoms with Crippen LogP contribution in [0.5, 0.6) is 11.5 Å². The maximum atomic E-state index is 11.5. The van der Waals surface area contributed by atoms with E-state index in [0.29, 0.717) is 11.4 Å². The minimum Gasteiger partial charge on any atom is -0.456 e. The van der Waals surface area contributed by atoms with Crippen LogP contribution in [0.4, 0.5) is 5.69 Å². The molecule has 0 aliphatic carbocycles. The Balaban J connectivity index is 2.44. The maximum Gasteiger partial charge on any atom is 0.241 e. The molecule has 0 saturated carbocycles. The van der Waals surface area contributed by atoms with Crippen molar-refractivity contribution in [3.8, 4) is 11.5 Å². The van der Waals surface area contributed by atoms with Crippen LogP contribution in [0, 0.1) is 6.92 Å². The fourth-order valence-electron chi connectivity index (χ4n) is 1.68. The summed E-state index contributed by atoms with van der Waals surface area (Å²) in [6, 6.07) is 11.3. The molecule has 0 atom stereocenters. The molecule has 4 N–H and O–H groups in total. The molecule has 0 bridgehead atoms. The number of anilines is 1. The third kappa shape index (κ3) is 3.04. The van der Waals surface area contributed by atoms with Gasteiger partial charge in [0.05, 0.1) is 0 Å². The molecule has 0 fully saturated rings. The van der Waals surface area contributed by atoms with E-state index in [9.17, 15) is 8.42 Å². The van der Waals surface area contributed by atoms with Gasteiger partial charge in [0.15, 0.2) is 0 Å². The first-order chi connectivity index (χ1) is 8.88. The Morgan fingerprint density at radius 3 is 2.37 bits per heavy atom. The summed E-state index contributed by atoms with van der Waals surface area (Å²) in [5.41, 5.74) is 7.07. The SMILES string of the molecule is Cc1cc(N)ccc1Oc1ccccc1S(N)(=O)=O. The molecule has 5 nitrogen and oxygen atoms in total. The second-order valence-corrected chi connectivity index (χ2v) is 5.65. The van der Waals surface area contributed by atoms with E-state index >= 15 is 0 Å². The molecule has 0 radical (unpaired) electrons. The lowest BCUT2D eigenvalue weighted by atomic mass is 10.2. The number of benzene rings is 2. The van der Waals surface area contributed by atoms with Crippen LogP contribution >= 0.6 is 0 Å². The standard InChI is InChI=1S/C13H14N2O3S/c1-9-8-10(14)6-7-11(9)18-12-4-2-3-5-13(12)19(15,16)17/h2-8H,14H2,1H3,(H2,15,16,17). The lowest BCUT2D eigenvalue weighted by molar-refractivity contribution is 0.464. The summed E-state index contributed by atoms with van der Waals surface area (Å²) >= 11 is 0. The Morgan fingerprint density at radius 2 is 1.74 bits per heavy atom. The number of hydrogen-bond acceptors (Lipinski definition) is 4. The first-order valence-corrected chi connectivity index (χ1v) is 7.08. The number of para-hydroxylation sites is 1. The van der Waals surface area contributed by atoms with Crippen molar-refractivity contribution in [2.45, 2.75) is 11.8 Å². The summed E-state index contributed by atoms with van der Waals surface area (Å²) in [6.07, 6.45) is 0. The summed E-state index contributed by atoms with van der Waals surface area (Å²) in [6.45, 7) is 1.82. The highest BCUT2D eigenvalue weighted by Gasteiger charge is 2.15. The fourth-order valence-corrected chi connectivity index (χ4v) is 2.33. The number of ether oxygens (including phenoxy) is 1. The number of nitrogens with two attached hydrogens (primary N) is 2. The van der Waals surface area contributed by atoms with Crippen molar-refractivity contribution >= 4 is 15.7 Å². The quantitative estimate of drug-likeness (QED) is 0.839. The second kappa shape index (κ2) is 4.91. The van der Waals surface area contributed by atoms with Gasteiger partial charge in [0.1, 0.15) is 16.4 Å². The summed E-state index contributed by atoms with van der Waals surface area (Å²) in [7, 11) is -3.82. The van der Waals surface area contributed by atoms with Crippen LogP contribution in [-0.2, 0) is 10.0 Å². The molecule has 0 saturated heterocycles. The molecule has 0 aliphatic rings. The molecule has 0 spiro atoms. The van der Waals surface area contributed by atoms with Crippen molar-refractivity contribution in [2.75, 3.05) is 5.73 Å². The Hall–Kier alpha value is -2.05. The molecule has 19 heavy (non-hydrogen) atoms. The van der Waals surface area contributed by atoms with Gasteiger partial charge in [-0.3, -0.25) is 0 Å². The minimum atomic E-state index is -3.82. The van der Waals surface area contributed by atoms with E-state index in [0.717, 1.165) is 5.56 Å². The van der Waals surface area contributed by atoms with Gasteiger partial charge in [-0.15, -0.1) is 0 Å². The Kier molecular flexibility index (Phi) is 3.46. The highest BCUT2D eigenvalue weighted by Crippen LogP contribution is 2.30. The van der Waals surface area contributed by atoms with Gasteiger partial charge >= 0.3 is 0 Å². The highest BCUT2D eigenvalue weighted by atomic mass is 32.2. The zero-order chi connectivity index (χ0) is 14.0. The van der Waals surface area contributed by atoms with E-state index in [2.05, 4.69) is 0 Å². The van der Waals surface area contributed by atoms with E-state index in [1.165, 1.54) is 6.07 Å². The van der Waals surface area contributed by atoms with Gasteiger partial charge in [-0.2, -0.15) is 0 Å². The number of nitrogen functional groups attached to an aromatic ring is 1. The molecule has 6 heteroatoms. The van der Waals surface area contributed by atoms with Crippen molar-refractivity contribution in [1.29, 1.82) is 0 Å². The third-order valence-electron chi connectivity index (χ3n) is 2.57. The minimum absolute atomic E-state index is 0.0498. The molecule has 0 aromatic heterocycles. The number of primary sulfonamides is 1. The van der Waals surface area contributed by atoms with E-state index in [1.807, 2.05) is 6.92 Å². The van der Waals surface area contributed by atoms with E-state index in [1.54, 1.807) is 36.4 Å². The van der Waals surface area contributed by atoms with Crippen LogP contribution in [0.1, 0.15) is 5.56 Å². The van der Waals surface area contributed by atoms with E-state index in [4.69, 9.17) is 15.6 Å². The largest absolute Gasteiger partial charge is 0.456 e. The van der Waals surface area contributed by atoms with Gasteiger partial charge in [-0.25, -0.2) is 13.6 Å². The molecule has 0 unspecified atom stereocenters. The predicted molar refractivity (Wildman–Crippen MR) is 73.5 cm³/mol. The predicted octanol–water partition coefficient (Wildman–Crippen LogP) is 2.02. The van der Waals surface area contributed by atoms with Gasteiger partial charge in [0.25, 0.3) is 0 Å². The molecule has 0 aliphatic heterocycles. The fraction of sp³-hybridized carbons (Fsp3) is 0.0769. The number of rotatable bonds is 3. The van der Waals surface area contributed by atoms with Gasteiger partial charge in [0.2, 0.25) is 10.0 Å². The summed E-state index contributed by atoms with van der Waals surface area (Å²) in [4.78, 5) is -0.0498. The topological polar surface area (TPSA) is 95.4 Å². The first-order valence-electron chi connectivity index (χ1n) is 5.54. The summed E-state index contributed by atoms with van der Waals surface area (Å²) < 4.78 is 28.5. The van der Waals surface area contributed by atoms with Crippen LogP contribution in [0.2, 0.25) is 0 Å². The average Bonchev–Trinajstić information content (AvgIpc) is 2.32. The Bertz CT molecular complexity index is 712. The van der Waals surface area contributed by atoms with Crippen molar-refractivity contribution in [1.82, 2.24) is 0 Å². The van der Waals surface area contributed by atoms with E-state index in [-0.39, 0.29) is 10.6 Å². The smallest absolute Gasteiger partial charge is 0.241 e. The van der Waals surface area contributed by atoms with Crippen LogP contribution in [0.3, 0.4) is 0 Å². The molecular weight excluding hydrogens is 264 g/mol. The second-order valence-electron chi connectivity index (χ2n) is 4.12. The zero-order valence-electron chi connectivity index (χ0n) is 10.3. The van der Waals surface area contributed by atoms with Gasteiger partial charge in [-0.1, -0.05) is 12.1 Å². The lowest BCUT2D eigenvalue weighted by Gasteiger charge is -2.12. The van der Waals surface area contributed by atoms with Crippen LogP contribution in [0.15, 0.2) is 47.4 Å². The van der Waals surface area contributed by atoms with Gasteiger partial charge in [0, 0.05) is 5.69 Å². The monoisotopic (exact) mass is 278 g/mol. The maximum absolute atomic E-state index is 11.5. The molecular formula is C13H14N2O3S. The number of sulfonamides is 1. The molecule has 100 valence electrons. The van der Waals surface area contributed by atoms with Gasteiger partial charge < -0.3 is 10.5 Å². The lowest BCUT2D eigenvalue weighted by Crippen LogP contribution is -2.13. The number of hydrogen-bond donors (Lipinski definition) is 2. The summed E-state index contributed by atoms with van der Waals surface area (Å²) in [5, 5.41) is 5.15. The number of aryl methyl sites for hydroxylation is 1. The molecule has 0 amide bonds. The van der Waals surface area contributed by atoms with Crippen molar-refractivity contribution in [2.24, 2.45) is 5.14 Å². The van der Waals surface area contributed by atoms with Gasteiger partial charge in [-0.05, 0) is 42.8 Å². The van der Waals surface area contributed by atoms with Crippen molar-refractivity contribution in [3.05, 3.63) is 48.0 Å². The highest BCUT2D eigenvalue weighted by molar-refractivity contribution is 7.89. The molecule has 0 heterocycles. The third-order valence-corrected chi connectivity index (χ3v) is 3.52. The molecule has 2 aromatic rings. The average molecular weight is 278 g/mol. The summed E-state index contributed by atoms with van der Waals surface area (Å²) in [5.74, 6) is 0.725. The molecule has 2 rings (SSSR count). The van der Waals surface area contributed by atoms with Crippen LogP contribution in [-0.4, -0.2) is 8.42 Å².